The summed E-state index contributed by atoms with van der Waals surface area (Å²) in [5.41, 5.74) is 1.06. The first-order valence-corrected chi connectivity index (χ1v) is 11.4. The average Bonchev–Trinajstić information content (AvgIpc) is 3.26. The third kappa shape index (κ3) is 4.38. The molecule has 2 aromatic rings. The highest BCUT2D eigenvalue weighted by atomic mass is 16.6. The zero-order chi connectivity index (χ0) is 21.2. The van der Waals surface area contributed by atoms with Gasteiger partial charge >= 0.3 is 11.9 Å². The van der Waals surface area contributed by atoms with Gasteiger partial charge in [0.25, 0.3) is 0 Å². The van der Waals surface area contributed by atoms with E-state index in [9.17, 15) is 9.59 Å². The number of hydrogen-bond donors (Lipinski definition) is 1. The predicted octanol–water partition coefficient (Wildman–Crippen LogP) is 4.09. The minimum Gasteiger partial charge on any atom is -0.455 e. The molecule has 2 saturated carbocycles. The van der Waals surface area contributed by atoms with E-state index < -0.39 is 12.2 Å². The molecule has 0 amide bonds. The van der Waals surface area contributed by atoms with E-state index in [1.807, 2.05) is 36.4 Å². The van der Waals surface area contributed by atoms with Crippen LogP contribution in [0.25, 0.3) is 0 Å². The van der Waals surface area contributed by atoms with Crippen LogP contribution in [0.2, 0.25) is 0 Å². The van der Waals surface area contributed by atoms with Crippen LogP contribution in [0.5, 0.6) is 0 Å². The van der Waals surface area contributed by atoms with Crippen LogP contribution >= 0.6 is 0 Å². The van der Waals surface area contributed by atoms with Crippen molar-refractivity contribution >= 4 is 11.9 Å². The van der Waals surface area contributed by atoms with Crippen LogP contribution in [-0.4, -0.2) is 37.2 Å². The van der Waals surface area contributed by atoms with Crippen LogP contribution in [0.4, 0.5) is 0 Å². The summed E-state index contributed by atoms with van der Waals surface area (Å²) in [6.07, 6.45) is 3.04. The molecule has 5 heteroatoms. The first-order valence-electron chi connectivity index (χ1n) is 11.4. The molecule has 1 N–H and O–H groups in total. The lowest BCUT2D eigenvalue weighted by atomic mass is 9.63. The van der Waals surface area contributed by atoms with Crippen molar-refractivity contribution in [1.29, 1.82) is 0 Å². The van der Waals surface area contributed by atoms with Gasteiger partial charge in [-0.15, -0.1) is 0 Å². The number of benzene rings is 2. The Morgan fingerprint density at radius 1 is 0.613 bits per heavy atom. The Labute approximate surface area is 183 Å². The second-order valence-electron chi connectivity index (χ2n) is 9.26. The molecule has 3 aliphatic rings. The lowest BCUT2D eigenvalue weighted by molar-refractivity contribution is -0.0871. The molecule has 0 aromatic heterocycles. The summed E-state index contributed by atoms with van der Waals surface area (Å²) in [4.78, 5) is 25.6. The minimum absolute atomic E-state index is 0.346. The van der Waals surface area contributed by atoms with Crippen LogP contribution in [0.1, 0.15) is 46.4 Å². The molecule has 0 spiro atoms. The normalized spacial score (nSPS) is 31.9. The fraction of sp³-hybridized carbons (Fsp3) is 0.462. The average molecular weight is 420 g/mol. The zero-order valence-electron chi connectivity index (χ0n) is 17.6. The van der Waals surface area contributed by atoms with Crippen molar-refractivity contribution in [3.05, 3.63) is 71.8 Å². The smallest absolute Gasteiger partial charge is 0.338 e. The number of hydrogen-bond acceptors (Lipinski definition) is 5. The largest absolute Gasteiger partial charge is 0.455 e. The van der Waals surface area contributed by atoms with Crippen molar-refractivity contribution < 1.29 is 19.1 Å². The van der Waals surface area contributed by atoms with E-state index in [-0.39, 0.29) is 11.9 Å². The fourth-order valence-corrected chi connectivity index (χ4v) is 5.79. The highest BCUT2D eigenvalue weighted by molar-refractivity contribution is 5.90. The molecule has 0 radical (unpaired) electrons. The zero-order valence-corrected chi connectivity index (χ0v) is 17.6. The summed E-state index contributed by atoms with van der Waals surface area (Å²) in [6, 6.07) is 18.1. The quantitative estimate of drug-likeness (QED) is 0.756. The Hall–Kier alpha value is -2.66. The van der Waals surface area contributed by atoms with Crippen LogP contribution < -0.4 is 5.32 Å². The lowest BCUT2D eigenvalue weighted by Crippen LogP contribution is -2.47. The molecule has 0 bridgehead atoms. The van der Waals surface area contributed by atoms with Crippen LogP contribution in [0, 0.1) is 23.7 Å². The molecule has 5 nitrogen and oxygen atoms in total. The van der Waals surface area contributed by atoms with Gasteiger partial charge in [0.2, 0.25) is 0 Å². The third-order valence-electron chi connectivity index (χ3n) is 7.38. The highest BCUT2D eigenvalue weighted by Gasteiger charge is 2.47. The monoisotopic (exact) mass is 419 g/mol. The lowest BCUT2D eigenvalue weighted by Gasteiger charge is -2.46. The Morgan fingerprint density at radius 2 is 1.03 bits per heavy atom. The van der Waals surface area contributed by atoms with Crippen molar-refractivity contribution in [3.8, 4) is 0 Å². The fourth-order valence-electron chi connectivity index (χ4n) is 5.79. The number of esters is 2. The molecular formula is C26H29NO4. The SMILES string of the molecule is O=C(OC1CC2CC3CNCC3CC2CC1OC(=O)c1ccccc1)c1ccccc1. The maximum atomic E-state index is 12.8. The summed E-state index contributed by atoms with van der Waals surface area (Å²) in [5, 5.41) is 3.53. The van der Waals surface area contributed by atoms with Crippen molar-refractivity contribution in [2.75, 3.05) is 13.1 Å². The van der Waals surface area contributed by atoms with Crippen molar-refractivity contribution in [2.24, 2.45) is 23.7 Å². The number of nitrogens with one attached hydrogen (secondary N) is 1. The summed E-state index contributed by atoms with van der Waals surface area (Å²) >= 11 is 0. The molecule has 31 heavy (non-hydrogen) atoms. The number of carbonyl (C=O) groups excluding carboxylic acids is 2. The van der Waals surface area contributed by atoms with Gasteiger partial charge in [-0.2, -0.15) is 0 Å². The van der Waals surface area contributed by atoms with Crippen LogP contribution in [-0.2, 0) is 9.47 Å². The van der Waals surface area contributed by atoms with Crippen LogP contribution in [0.15, 0.2) is 60.7 Å². The molecular weight excluding hydrogens is 390 g/mol. The molecule has 2 aliphatic carbocycles. The molecule has 162 valence electrons. The third-order valence-corrected chi connectivity index (χ3v) is 7.38. The number of fused-ring (bicyclic) bond motifs is 2. The molecule has 1 saturated heterocycles. The molecule has 6 unspecified atom stereocenters. The first kappa shape index (κ1) is 20.3. The van der Waals surface area contributed by atoms with E-state index in [4.69, 9.17) is 9.47 Å². The molecule has 3 fully saturated rings. The van der Waals surface area contributed by atoms with Gasteiger partial charge in [0.15, 0.2) is 0 Å². The molecule has 1 aliphatic heterocycles. The van der Waals surface area contributed by atoms with Gasteiger partial charge in [-0.05, 0) is 86.7 Å². The van der Waals surface area contributed by atoms with Crippen molar-refractivity contribution in [3.63, 3.8) is 0 Å². The highest BCUT2D eigenvalue weighted by Crippen LogP contribution is 2.47. The van der Waals surface area contributed by atoms with Crippen LogP contribution in [0.3, 0.4) is 0 Å². The van der Waals surface area contributed by atoms with Crippen molar-refractivity contribution in [2.45, 2.75) is 37.9 Å². The summed E-state index contributed by atoms with van der Waals surface area (Å²) < 4.78 is 11.9. The first-order chi connectivity index (χ1) is 15.2. The van der Waals surface area contributed by atoms with Gasteiger partial charge in [-0.3, -0.25) is 0 Å². The maximum absolute atomic E-state index is 12.8. The van der Waals surface area contributed by atoms with E-state index in [2.05, 4.69) is 5.32 Å². The number of carbonyl (C=O) groups is 2. The van der Waals surface area contributed by atoms with Gasteiger partial charge in [0, 0.05) is 0 Å². The molecule has 5 rings (SSSR count). The summed E-state index contributed by atoms with van der Waals surface area (Å²) in [6.45, 7) is 2.18. The van der Waals surface area contributed by atoms with Gasteiger partial charge in [0.1, 0.15) is 12.2 Å². The van der Waals surface area contributed by atoms with E-state index in [1.165, 1.54) is 12.8 Å². The van der Waals surface area contributed by atoms with Gasteiger partial charge in [-0.1, -0.05) is 36.4 Å². The van der Waals surface area contributed by atoms with E-state index in [0.717, 1.165) is 37.8 Å². The molecule has 6 atom stereocenters. The predicted molar refractivity (Wildman–Crippen MR) is 117 cm³/mol. The summed E-state index contributed by atoms with van der Waals surface area (Å²) in [7, 11) is 0. The number of ether oxygens (including phenoxy) is 2. The van der Waals surface area contributed by atoms with Gasteiger partial charge in [0.05, 0.1) is 11.1 Å². The Morgan fingerprint density at radius 3 is 1.45 bits per heavy atom. The maximum Gasteiger partial charge on any atom is 0.338 e. The van der Waals surface area contributed by atoms with Gasteiger partial charge in [-0.25, -0.2) is 9.59 Å². The molecule has 1 heterocycles. The van der Waals surface area contributed by atoms with E-state index in [1.54, 1.807) is 24.3 Å². The van der Waals surface area contributed by atoms with Crippen molar-refractivity contribution in [1.82, 2.24) is 5.32 Å². The Kier molecular flexibility index (Phi) is 5.77. The standard InChI is InChI=1S/C26H29NO4/c28-25(17-7-3-1-4-8-17)30-23-13-19-11-21-15-27-16-22(21)12-20(19)14-24(23)31-26(29)18-9-5-2-6-10-18/h1-10,19-24,27H,11-16H2. The second kappa shape index (κ2) is 8.83. The Balaban J connectivity index is 1.34. The van der Waals surface area contributed by atoms with E-state index >= 15 is 0 Å². The topological polar surface area (TPSA) is 64.6 Å². The molecule has 2 aromatic carbocycles. The van der Waals surface area contributed by atoms with Gasteiger partial charge < -0.3 is 14.8 Å². The van der Waals surface area contributed by atoms with E-state index in [0.29, 0.717) is 23.0 Å². The second-order valence-corrected chi connectivity index (χ2v) is 9.26. The minimum atomic E-state index is -0.410. The number of rotatable bonds is 4. The summed E-state index contributed by atoms with van der Waals surface area (Å²) in [5.74, 6) is 1.77. The Bertz CT molecular complexity index is 840.